The van der Waals surface area contributed by atoms with E-state index in [2.05, 4.69) is 27.8 Å². The van der Waals surface area contributed by atoms with Gasteiger partial charge in [0, 0.05) is 13.6 Å². The first-order valence-electron chi connectivity index (χ1n) is 15.4. The van der Waals surface area contributed by atoms with Crippen molar-refractivity contribution in [1.82, 2.24) is 26.2 Å². The predicted octanol–water partition coefficient (Wildman–Crippen LogP) is 2.21. The number of esters is 1. The number of rotatable bonds is 14. The molecular weight excluding hydrogens is 554 g/mol. The van der Waals surface area contributed by atoms with Crippen molar-refractivity contribution in [3.63, 3.8) is 0 Å². The minimum atomic E-state index is -1.04. The molecule has 0 aromatic heterocycles. The lowest BCUT2D eigenvalue weighted by atomic mass is 9.80. The highest BCUT2D eigenvalue weighted by Crippen LogP contribution is 2.32. The topological polar surface area (TPSA) is 163 Å². The first-order valence-corrected chi connectivity index (χ1v) is 15.4. The SMILES string of the molecule is C=CC[C@@H]1C[C@@H](C(=O)NC(CC2CCC2)C(=O)C(=O)NC)N(C(=O)[C@@H](NC(=O)N[C@@H](CC)C(=O)OC(C)C)C(C)(C)C)C1. The van der Waals surface area contributed by atoms with Crippen molar-refractivity contribution in [1.29, 1.82) is 0 Å². The zero-order valence-corrected chi connectivity index (χ0v) is 26.8. The van der Waals surface area contributed by atoms with Gasteiger partial charge in [-0.3, -0.25) is 19.2 Å². The van der Waals surface area contributed by atoms with E-state index in [-0.39, 0.29) is 24.5 Å². The van der Waals surface area contributed by atoms with Crippen LogP contribution in [0.3, 0.4) is 0 Å². The molecule has 0 radical (unpaired) electrons. The van der Waals surface area contributed by atoms with Crippen LogP contribution in [-0.2, 0) is 28.7 Å². The Balaban J connectivity index is 2.28. The number of likely N-dealkylation sites (N-methyl/N-ethyl adjacent to an activating group) is 1. The molecule has 0 aromatic rings. The van der Waals surface area contributed by atoms with Crippen molar-refractivity contribution < 1.29 is 33.5 Å². The molecule has 5 amide bonds. The zero-order chi connectivity index (χ0) is 32.5. The van der Waals surface area contributed by atoms with Gasteiger partial charge >= 0.3 is 12.0 Å². The van der Waals surface area contributed by atoms with E-state index in [0.29, 0.717) is 25.7 Å². The Kier molecular flexibility index (Phi) is 13.2. The van der Waals surface area contributed by atoms with Crippen LogP contribution in [0.25, 0.3) is 0 Å². The van der Waals surface area contributed by atoms with Gasteiger partial charge in [0.05, 0.1) is 12.1 Å². The maximum atomic E-state index is 14.1. The summed E-state index contributed by atoms with van der Waals surface area (Å²) in [7, 11) is 1.37. The zero-order valence-electron chi connectivity index (χ0n) is 26.8. The first-order chi connectivity index (χ1) is 20.1. The number of nitrogens with zero attached hydrogens (tertiary/aromatic N) is 1. The van der Waals surface area contributed by atoms with Crippen LogP contribution in [0.4, 0.5) is 4.79 Å². The van der Waals surface area contributed by atoms with Gasteiger partial charge in [-0.15, -0.1) is 6.58 Å². The number of ether oxygens (including phenoxy) is 1. The van der Waals surface area contributed by atoms with Crippen molar-refractivity contribution in [2.75, 3.05) is 13.6 Å². The van der Waals surface area contributed by atoms with Gasteiger partial charge in [0.2, 0.25) is 17.6 Å². The van der Waals surface area contributed by atoms with E-state index in [1.54, 1.807) is 47.6 Å². The molecule has 2 rings (SSSR count). The minimum Gasteiger partial charge on any atom is -0.461 e. The summed E-state index contributed by atoms with van der Waals surface area (Å²) < 4.78 is 5.23. The molecule has 0 spiro atoms. The van der Waals surface area contributed by atoms with Crippen molar-refractivity contribution in [2.24, 2.45) is 17.3 Å². The molecule has 1 saturated carbocycles. The highest BCUT2D eigenvalue weighted by Gasteiger charge is 2.45. The van der Waals surface area contributed by atoms with Crippen LogP contribution in [0.1, 0.15) is 86.5 Å². The van der Waals surface area contributed by atoms with Gasteiger partial charge in [-0.1, -0.05) is 53.0 Å². The fourth-order valence-electron chi connectivity index (χ4n) is 5.45. The van der Waals surface area contributed by atoms with E-state index >= 15 is 0 Å². The fourth-order valence-corrected chi connectivity index (χ4v) is 5.45. The van der Waals surface area contributed by atoms with E-state index in [1.807, 2.05) is 0 Å². The number of nitrogens with one attached hydrogen (secondary N) is 4. The van der Waals surface area contributed by atoms with Crippen LogP contribution in [0, 0.1) is 17.3 Å². The third-order valence-corrected chi connectivity index (χ3v) is 8.09. The van der Waals surface area contributed by atoms with Crippen molar-refractivity contribution in [2.45, 2.75) is 117 Å². The number of ketones is 1. The number of hydrogen-bond acceptors (Lipinski definition) is 7. The summed E-state index contributed by atoms with van der Waals surface area (Å²) >= 11 is 0. The lowest BCUT2D eigenvalue weighted by molar-refractivity contribution is -0.149. The Morgan fingerprint density at radius 1 is 1.00 bits per heavy atom. The van der Waals surface area contributed by atoms with E-state index in [1.165, 1.54) is 11.9 Å². The molecule has 1 aliphatic heterocycles. The van der Waals surface area contributed by atoms with E-state index in [9.17, 15) is 28.8 Å². The smallest absolute Gasteiger partial charge is 0.328 e. The molecule has 2 fully saturated rings. The average molecular weight is 606 g/mol. The number of urea groups is 1. The maximum Gasteiger partial charge on any atom is 0.328 e. The fraction of sp³-hybridized carbons (Fsp3) is 0.742. The predicted molar refractivity (Wildman–Crippen MR) is 162 cm³/mol. The Labute approximate surface area is 255 Å². The van der Waals surface area contributed by atoms with E-state index in [0.717, 1.165) is 19.3 Å². The largest absolute Gasteiger partial charge is 0.461 e. The summed E-state index contributed by atoms with van der Waals surface area (Å²) in [5.41, 5.74) is -0.756. The Hall–Kier alpha value is -3.44. The van der Waals surface area contributed by atoms with Crippen molar-refractivity contribution in [3.8, 4) is 0 Å². The third-order valence-electron chi connectivity index (χ3n) is 8.09. The molecule has 1 aliphatic carbocycles. The summed E-state index contributed by atoms with van der Waals surface area (Å²) in [6, 6.07) is -4.54. The number of carbonyl (C=O) groups excluding carboxylic acids is 6. The second-order valence-electron chi connectivity index (χ2n) is 13.0. The molecule has 242 valence electrons. The van der Waals surface area contributed by atoms with Crippen molar-refractivity contribution in [3.05, 3.63) is 12.7 Å². The van der Waals surface area contributed by atoms with Crippen LogP contribution >= 0.6 is 0 Å². The lowest BCUT2D eigenvalue weighted by Crippen LogP contribution is -2.61. The number of Topliss-reactive ketones (excluding diaryl/α,β-unsaturated/α-hetero) is 1. The Morgan fingerprint density at radius 2 is 1.65 bits per heavy atom. The maximum absolute atomic E-state index is 14.1. The number of amides is 5. The molecule has 43 heavy (non-hydrogen) atoms. The van der Waals surface area contributed by atoms with Gasteiger partial charge in [0.15, 0.2) is 0 Å². The molecule has 0 bridgehead atoms. The molecule has 5 atom stereocenters. The van der Waals surface area contributed by atoms with Crippen LogP contribution in [0.5, 0.6) is 0 Å². The van der Waals surface area contributed by atoms with Crippen LogP contribution in [0.2, 0.25) is 0 Å². The standard InChI is InChI=1S/C31H51N5O7/c1-9-12-20-16-23(26(38)33-22(15-19-13-11-14-19)24(37)27(39)32-8)36(17-20)28(40)25(31(5,6)7)35-30(42)34-21(10-2)29(41)43-18(3)4/h9,18-23,25H,1,10-17H2,2-8H3,(H,32,39)(H,33,38)(H2,34,35,42)/t20-,21+,22?,23+,25-/m1/s1. The van der Waals surface area contributed by atoms with Crippen molar-refractivity contribution >= 4 is 35.5 Å². The average Bonchev–Trinajstić information content (AvgIpc) is 3.33. The monoisotopic (exact) mass is 605 g/mol. The first kappa shape index (κ1) is 35.8. The molecule has 1 heterocycles. The lowest BCUT2D eigenvalue weighted by Gasteiger charge is -2.36. The summed E-state index contributed by atoms with van der Waals surface area (Å²) in [6.07, 6.45) is 5.85. The number of likely N-dealkylation sites (tertiary alicyclic amines) is 1. The highest BCUT2D eigenvalue weighted by atomic mass is 16.5. The van der Waals surface area contributed by atoms with E-state index < -0.39 is 65.1 Å². The quantitative estimate of drug-likeness (QED) is 0.134. The summed E-state index contributed by atoms with van der Waals surface area (Å²) in [4.78, 5) is 79.7. The Bertz CT molecular complexity index is 1050. The van der Waals surface area contributed by atoms with Gasteiger partial charge in [-0.2, -0.15) is 0 Å². The van der Waals surface area contributed by atoms with Gasteiger partial charge in [-0.25, -0.2) is 9.59 Å². The molecule has 12 nitrogen and oxygen atoms in total. The van der Waals surface area contributed by atoms with Gasteiger partial charge in [-0.05, 0) is 56.8 Å². The summed E-state index contributed by atoms with van der Waals surface area (Å²) in [5.74, 6) is -2.85. The molecule has 12 heteroatoms. The molecule has 0 aromatic carbocycles. The van der Waals surface area contributed by atoms with E-state index in [4.69, 9.17) is 4.74 Å². The molecule has 1 unspecified atom stereocenters. The highest BCUT2D eigenvalue weighted by molar-refractivity contribution is 6.38. The molecular formula is C31H51N5O7. The van der Waals surface area contributed by atoms with Gasteiger partial charge < -0.3 is 30.9 Å². The van der Waals surface area contributed by atoms with Gasteiger partial charge in [0.25, 0.3) is 5.91 Å². The molecule has 4 N–H and O–H groups in total. The molecule has 1 saturated heterocycles. The minimum absolute atomic E-state index is 0.0540. The Morgan fingerprint density at radius 3 is 2.14 bits per heavy atom. The normalized spacial score (nSPS) is 20.7. The number of carbonyl (C=O) groups is 6. The summed E-state index contributed by atoms with van der Waals surface area (Å²) in [6.45, 7) is 14.6. The second-order valence-corrected chi connectivity index (χ2v) is 13.0. The number of allylic oxidation sites excluding steroid dienone is 1. The second kappa shape index (κ2) is 15.9. The van der Waals surface area contributed by atoms with Crippen LogP contribution in [0.15, 0.2) is 12.7 Å². The summed E-state index contributed by atoms with van der Waals surface area (Å²) in [5, 5.41) is 10.5. The van der Waals surface area contributed by atoms with Crippen LogP contribution in [-0.4, -0.2) is 84.3 Å². The third kappa shape index (κ3) is 10.1. The van der Waals surface area contributed by atoms with Crippen LogP contribution < -0.4 is 21.3 Å². The molecule has 2 aliphatic rings. The number of hydrogen-bond donors (Lipinski definition) is 4. The van der Waals surface area contributed by atoms with Gasteiger partial charge in [0.1, 0.15) is 18.1 Å².